The first kappa shape index (κ1) is 11.2. The maximum Gasteiger partial charge on any atom is 0.258 e. The van der Waals surface area contributed by atoms with Crippen LogP contribution in [0.3, 0.4) is 0 Å². The van der Waals surface area contributed by atoms with Gasteiger partial charge in [0.2, 0.25) is 5.60 Å². The van der Waals surface area contributed by atoms with Crippen LogP contribution in [0.2, 0.25) is 10.0 Å². The Morgan fingerprint density at radius 1 is 1.53 bits per heavy atom. The molecule has 2 N–H and O–H groups in total. The van der Waals surface area contributed by atoms with Crippen molar-refractivity contribution in [3.8, 4) is 0 Å². The predicted molar refractivity (Wildman–Crippen MR) is 61.1 cm³/mol. The maximum absolute atomic E-state index is 11.3. The zero-order valence-corrected chi connectivity index (χ0v) is 10.4. The Morgan fingerprint density at radius 2 is 2.13 bits per heavy atom. The number of primary amides is 1. The summed E-state index contributed by atoms with van der Waals surface area (Å²) in [6.07, 6.45) is 0. The van der Waals surface area contributed by atoms with Crippen LogP contribution >= 0.6 is 39.1 Å². The molecule has 0 spiro atoms. The van der Waals surface area contributed by atoms with Gasteiger partial charge in [0, 0.05) is 15.6 Å². The summed E-state index contributed by atoms with van der Waals surface area (Å²) in [4.78, 5) is 11.3. The Kier molecular flexibility index (Phi) is 2.71. The normalized spacial score (nSPS) is 28.9. The molecule has 1 aliphatic heterocycles. The van der Waals surface area contributed by atoms with Crippen molar-refractivity contribution in [1.82, 2.24) is 0 Å². The quantitative estimate of drug-likeness (QED) is 0.674. The number of hydrogen-bond donors (Lipinski definition) is 1. The van der Waals surface area contributed by atoms with Crippen molar-refractivity contribution >= 4 is 45.0 Å². The second kappa shape index (κ2) is 3.63. The molecule has 15 heavy (non-hydrogen) atoms. The van der Waals surface area contributed by atoms with Gasteiger partial charge < -0.3 is 10.5 Å². The fraction of sp³-hybridized carbons (Fsp3) is 0.222. The number of halogens is 3. The highest BCUT2D eigenvalue weighted by Gasteiger charge is 2.62. The molecule has 6 heteroatoms. The standard InChI is InChI=1S/C9H6BrCl2NO2/c10-7-9(15-7,8(13)14)5-2-1-4(11)3-6(5)12/h1-3,7H,(H2,13,14). The summed E-state index contributed by atoms with van der Waals surface area (Å²) in [5.74, 6) is -0.575. The van der Waals surface area contributed by atoms with Gasteiger partial charge >= 0.3 is 0 Å². The summed E-state index contributed by atoms with van der Waals surface area (Å²) in [5.41, 5.74) is 4.66. The third kappa shape index (κ3) is 1.65. The molecule has 1 fully saturated rings. The van der Waals surface area contributed by atoms with Gasteiger partial charge in [-0.2, -0.15) is 0 Å². The van der Waals surface area contributed by atoms with E-state index in [1.54, 1.807) is 18.2 Å². The van der Waals surface area contributed by atoms with Gasteiger partial charge in [0.15, 0.2) is 5.01 Å². The van der Waals surface area contributed by atoms with E-state index in [-0.39, 0.29) is 0 Å². The van der Waals surface area contributed by atoms with Gasteiger partial charge in [-0.25, -0.2) is 0 Å². The van der Waals surface area contributed by atoms with E-state index in [1.807, 2.05) is 0 Å². The van der Waals surface area contributed by atoms with Gasteiger partial charge in [0.25, 0.3) is 5.91 Å². The largest absolute Gasteiger partial charge is 0.367 e. The highest BCUT2D eigenvalue weighted by molar-refractivity contribution is 9.09. The molecule has 2 rings (SSSR count). The molecule has 3 nitrogen and oxygen atoms in total. The first-order valence-electron chi connectivity index (χ1n) is 4.06. The Morgan fingerprint density at radius 3 is 2.53 bits per heavy atom. The van der Waals surface area contributed by atoms with Crippen LogP contribution in [-0.2, 0) is 15.1 Å². The Hall–Kier alpha value is -0.290. The minimum atomic E-state index is -1.15. The Labute approximate surface area is 105 Å². The molecule has 1 heterocycles. The van der Waals surface area contributed by atoms with E-state index in [1.165, 1.54) is 0 Å². The van der Waals surface area contributed by atoms with Crippen molar-refractivity contribution in [3.05, 3.63) is 33.8 Å². The first-order chi connectivity index (χ1) is 6.98. The molecular weight excluding hydrogens is 305 g/mol. The Bertz CT molecular complexity index is 440. The van der Waals surface area contributed by atoms with E-state index >= 15 is 0 Å². The van der Waals surface area contributed by atoms with Crippen LogP contribution in [0.15, 0.2) is 18.2 Å². The average molecular weight is 311 g/mol. The molecule has 1 amide bonds. The van der Waals surface area contributed by atoms with Gasteiger partial charge in [-0.3, -0.25) is 4.79 Å². The molecule has 0 aliphatic carbocycles. The van der Waals surface area contributed by atoms with Crippen LogP contribution in [0, 0.1) is 0 Å². The Balaban J connectivity index is 2.50. The smallest absolute Gasteiger partial charge is 0.258 e. The van der Waals surface area contributed by atoms with E-state index in [2.05, 4.69) is 15.9 Å². The van der Waals surface area contributed by atoms with Crippen molar-refractivity contribution in [2.24, 2.45) is 5.73 Å². The third-order valence-corrected chi connectivity index (χ3v) is 3.63. The lowest BCUT2D eigenvalue weighted by Crippen LogP contribution is -2.31. The molecule has 0 aromatic heterocycles. The van der Waals surface area contributed by atoms with Crippen molar-refractivity contribution in [2.45, 2.75) is 10.6 Å². The van der Waals surface area contributed by atoms with E-state index < -0.39 is 16.5 Å². The number of benzene rings is 1. The molecule has 2 atom stereocenters. The number of carbonyl (C=O) groups is 1. The summed E-state index contributed by atoms with van der Waals surface area (Å²) in [5, 5.41) is 0.430. The molecule has 0 saturated carbocycles. The summed E-state index contributed by atoms with van der Waals surface area (Å²) >= 11 is 14.9. The molecule has 0 bridgehead atoms. The maximum atomic E-state index is 11.3. The zero-order valence-electron chi connectivity index (χ0n) is 7.34. The second-order valence-electron chi connectivity index (χ2n) is 3.16. The molecule has 0 radical (unpaired) electrons. The number of ether oxygens (including phenoxy) is 1. The van der Waals surface area contributed by atoms with E-state index in [0.29, 0.717) is 15.6 Å². The predicted octanol–water partition coefficient (Wildman–Crippen LogP) is 2.43. The van der Waals surface area contributed by atoms with Crippen molar-refractivity contribution in [2.75, 3.05) is 0 Å². The number of rotatable bonds is 2. The number of hydrogen-bond acceptors (Lipinski definition) is 2. The molecule has 2 unspecified atom stereocenters. The second-order valence-corrected chi connectivity index (χ2v) is 4.83. The highest BCUT2D eigenvalue weighted by Crippen LogP contribution is 2.51. The minimum absolute atomic E-state index is 0.364. The van der Waals surface area contributed by atoms with Crippen LogP contribution < -0.4 is 5.73 Å². The lowest BCUT2D eigenvalue weighted by Gasteiger charge is -2.10. The summed E-state index contributed by atoms with van der Waals surface area (Å²) < 4.78 is 5.19. The van der Waals surface area contributed by atoms with Crippen molar-refractivity contribution in [1.29, 1.82) is 0 Å². The average Bonchev–Trinajstić information content (AvgIpc) is 2.78. The third-order valence-electron chi connectivity index (χ3n) is 2.25. The zero-order chi connectivity index (χ0) is 11.2. The molecule has 1 saturated heterocycles. The number of nitrogens with two attached hydrogens (primary N) is 1. The summed E-state index contributed by atoms with van der Waals surface area (Å²) in [6, 6.07) is 4.82. The lowest BCUT2D eigenvalue weighted by molar-refractivity contribution is -0.123. The van der Waals surface area contributed by atoms with E-state index in [9.17, 15) is 4.79 Å². The van der Waals surface area contributed by atoms with Crippen LogP contribution in [0.5, 0.6) is 0 Å². The summed E-state index contributed by atoms with van der Waals surface area (Å²) in [6.45, 7) is 0. The highest BCUT2D eigenvalue weighted by atomic mass is 79.9. The number of amides is 1. The van der Waals surface area contributed by atoms with E-state index in [0.717, 1.165) is 0 Å². The van der Waals surface area contributed by atoms with Crippen molar-refractivity contribution < 1.29 is 9.53 Å². The SMILES string of the molecule is NC(=O)C1(c2ccc(Cl)cc2Cl)OC1Br. The van der Waals surface area contributed by atoms with Crippen LogP contribution in [0.4, 0.5) is 0 Å². The number of epoxide rings is 1. The molecule has 80 valence electrons. The van der Waals surface area contributed by atoms with Crippen LogP contribution in [0.25, 0.3) is 0 Å². The number of alkyl halides is 1. The lowest BCUT2D eigenvalue weighted by atomic mass is 9.99. The topological polar surface area (TPSA) is 55.6 Å². The molecule has 1 aliphatic rings. The number of carbonyl (C=O) groups excluding carboxylic acids is 1. The van der Waals surface area contributed by atoms with Gasteiger partial charge in [-0.05, 0) is 12.1 Å². The van der Waals surface area contributed by atoms with Crippen LogP contribution in [0.1, 0.15) is 5.56 Å². The fourth-order valence-corrected chi connectivity index (χ4v) is 2.72. The molecule has 1 aromatic carbocycles. The van der Waals surface area contributed by atoms with Gasteiger partial charge in [0.05, 0.1) is 0 Å². The van der Waals surface area contributed by atoms with Gasteiger partial charge in [-0.15, -0.1) is 0 Å². The van der Waals surface area contributed by atoms with Gasteiger partial charge in [0.1, 0.15) is 0 Å². The van der Waals surface area contributed by atoms with Crippen LogP contribution in [-0.4, -0.2) is 10.9 Å². The monoisotopic (exact) mass is 309 g/mol. The minimum Gasteiger partial charge on any atom is -0.367 e. The van der Waals surface area contributed by atoms with Crippen molar-refractivity contribution in [3.63, 3.8) is 0 Å². The fourth-order valence-electron chi connectivity index (χ4n) is 1.41. The van der Waals surface area contributed by atoms with Gasteiger partial charge in [-0.1, -0.05) is 45.2 Å². The van der Waals surface area contributed by atoms with E-state index in [4.69, 9.17) is 33.7 Å². The first-order valence-corrected chi connectivity index (χ1v) is 5.73. The molecule has 1 aromatic rings. The molecular formula is C9H6BrCl2NO2. The summed E-state index contributed by atoms with van der Waals surface area (Å²) in [7, 11) is 0.